The van der Waals surface area contributed by atoms with Gasteiger partial charge in [0.1, 0.15) is 0 Å². The molecule has 0 N–H and O–H groups in total. The number of nitrogens with zero attached hydrogens (tertiary/aromatic N) is 1. The van der Waals surface area contributed by atoms with E-state index in [0.29, 0.717) is 5.41 Å². The summed E-state index contributed by atoms with van der Waals surface area (Å²) in [6, 6.07) is 0.945. The molecule has 2 aliphatic rings. The van der Waals surface area contributed by atoms with Crippen LogP contribution in [0.15, 0.2) is 0 Å². The molecule has 0 aromatic rings. The molecule has 0 aromatic heterocycles. The van der Waals surface area contributed by atoms with Gasteiger partial charge < -0.3 is 0 Å². The Labute approximate surface area is 103 Å². The lowest BCUT2D eigenvalue weighted by Crippen LogP contribution is -2.34. The van der Waals surface area contributed by atoms with Crippen LogP contribution in [0, 0.1) is 11.3 Å². The van der Waals surface area contributed by atoms with Gasteiger partial charge in [-0.05, 0) is 50.0 Å². The molecule has 0 spiro atoms. The van der Waals surface area contributed by atoms with Gasteiger partial charge in [-0.3, -0.25) is 4.90 Å². The van der Waals surface area contributed by atoms with E-state index in [1.165, 1.54) is 50.5 Å². The zero-order valence-corrected chi connectivity index (χ0v) is 11.7. The highest BCUT2D eigenvalue weighted by Gasteiger charge is 2.44. The molecule has 2 rings (SSSR count). The van der Waals surface area contributed by atoms with Crippen LogP contribution in [-0.4, -0.2) is 29.4 Å². The third kappa shape index (κ3) is 3.45. The Balaban J connectivity index is 1.78. The van der Waals surface area contributed by atoms with E-state index >= 15 is 0 Å². The van der Waals surface area contributed by atoms with E-state index in [4.69, 9.17) is 0 Å². The maximum absolute atomic E-state index is 3.68. The number of hydrogen-bond donors (Lipinski definition) is 0. The van der Waals surface area contributed by atoms with Gasteiger partial charge in [0, 0.05) is 17.9 Å². The van der Waals surface area contributed by atoms with Crippen molar-refractivity contribution in [3.05, 3.63) is 0 Å². The predicted octanol–water partition coefficient (Wildman–Crippen LogP) is 3.67. The molecule has 0 saturated heterocycles. The molecule has 0 bridgehead atoms. The second kappa shape index (κ2) is 4.75. The quantitative estimate of drug-likeness (QED) is 0.640. The fourth-order valence-electron chi connectivity index (χ4n) is 2.20. The lowest BCUT2D eigenvalue weighted by Gasteiger charge is -2.27. The van der Waals surface area contributed by atoms with Crippen LogP contribution in [0.2, 0.25) is 0 Å². The van der Waals surface area contributed by atoms with Crippen molar-refractivity contribution in [2.45, 2.75) is 52.0 Å². The van der Waals surface area contributed by atoms with E-state index < -0.39 is 0 Å². The fourth-order valence-corrected chi connectivity index (χ4v) is 2.93. The largest absolute Gasteiger partial charge is 0.300 e. The molecule has 0 aromatic carbocycles. The van der Waals surface area contributed by atoms with Crippen LogP contribution in [0.25, 0.3) is 0 Å². The van der Waals surface area contributed by atoms with Crippen molar-refractivity contribution in [3.8, 4) is 0 Å². The predicted molar refractivity (Wildman–Crippen MR) is 69.5 cm³/mol. The highest BCUT2D eigenvalue weighted by atomic mass is 79.9. The van der Waals surface area contributed by atoms with Crippen molar-refractivity contribution in [2.24, 2.45) is 11.3 Å². The molecule has 15 heavy (non-hydrogen) atoms. The summed E-state index contributed by atoms with van der Waals surface area (Å²) in [5.74, 6) is 0.852. The van der Waals surface area contributed by atoms with E-state index in [-0.39, 0.29) is 0 Å². The number of halogens is 1. The van der Waals surface area contributed by atoms with E-state index in [1.807, 2.05) is 0 Å². The summed E-state index contributed by atoms with van der Waals surface area (Å²) in [5, 5.41) is 1.21. The molecule has 2 aliphatic carbocycles. The van der Waals surface area contributed by atoms with Gasteiger partial charge >= 0.3 is 0 Å². The molecule has 2 fully saturated rings. The third-order valence-electron chi connectivity index (χ3n) is 3.84. The monoisotopic (exact) mass is 273 g/mol. The van der Waals surface area contributed by atoms with Crippen LogP contribution in [0.1, 0.15) is 46.0 Å². The van der Waals surface area contributed by atoms with Crippen LogP contribution >= 0.6 is 15.9 Å². The summed E-state index contributed by atoms with van der Waals surface area (Å²) in [5.41, 5.74) is 0.666. The second-order valence-electron chi connectivity index (χ2n) is 6.02. The molecule has 0 unspecified atom stereocenters. The first kappa shape index (κ1) is 11.9. The molecule has 1 nitrogen and oxygen atoms in total. The van der Waals surface area contributed by atoms with Crippen molar-refractivity contribution >= 4 is 15.9 Å². The normalized spacial score (nSPS) is 23.8. The Morgan fingerprint density at radius 3 is 2.40 bits per heavy atom. The summed E-state index contributed by atoms with van der Waals surface area (Å²) >= 11 is 3.68. The fraction of sp³-hybridized carbons (Fsp3) is 1.00. The van der Waals surface area contributed by atoms with Gasteiger partial charge in [-0.2, -0.15) is 0 Å². The minimum absolute atomic E-state index is 0.666. The van der Waals surface area contributed by atoms with Crippen LogP contribution in [0.3, 0.4) is 0 Å². The third-order valence-corrected chi connectivity index (χ3v) is 5.03. The van der Waals surface area contributed by atoms with Crippen LogP contribution in [-0.2, 0) is 0 Å². The Hall–Kier alpha value is 0.440. The van der Waals surface area contributed by atoms with Crippen molar-refractivity contribution in [1.29, 1.82) is 0 Å². The maximum Gasteiger partial charge on any atom is 0.0100 e. The molecule has 2 saturated carbocycles. The van der Waals surface area contributed by atoms with E-state index in [0.717, 1.165) is 12.0 Å². The summed E-state index contributed by atoms with van der Waals surface area (Å²) in [6.45, 7) is 7.36. The van der Waals surface area contributed by atoms with Gasteiger partial charge in [-0.1, -0.05) is 29.8 Å². The van der Waals surface area contributed by atoms with Crippen molar-refractivity contribution in [3.63, 3.8) is 0 Å². The Morgan fingerprint density at radius 1 is 1.33 bits per heavy atom. The molecular formula is C13H24BrN. The molecule has 88 valence electrons. The van der Waals surface area contributed by atoms with Crippen LogP contribution < -0.4 is 0 Å². The van der Waals surface area contributed by atoms with E-state index in [2.05, 4.69) is 34.7 Å². The second-order valence-corrected chi connectivity index (χ2v) is 6.58. The standard InChI is InChI=1S/C13H24BrN/c1-11(2)5-8-15(12-3-4-12)10-13(9-14)6-7-13/h11-12H,3-10H2,1-2H3. The lowest BCUT2D eigenvalue weighted by atomic mass is 10.1. The lowest BCUT2D eigenvalue weighted by molar-refractivity contribution is 0.209. The van der Waals surface area contributed by atoms with Crippen molar-refractivity contribution in [1.82, 2.24) is 4.90 Å². The molecule has 0 heterocycles. The van der Waals surface area contributed by atoms with Gasteiger partial charge in [0.2, 0.25) is 0 Å². The Kier molecular flexibility index (Phi) is 3.77. The highest BCUT2D eigenvalue weighted by Crippen LogP contribution is 2.48. The van der Waals surface area contributed by atoms with Crippen LogP contribution in [0.4, 0.5) is 0 Å². The van der Waals surface area contributed by atoms with E-state index in [9.17, 15) is 0 Å². The van der Waals surface area contributed by atoms with Crippen molar-refractivity contribution in [2.75, 3.05) is 18.4 Å². The zero-order chi connectivity index (χ0) is 10.9. The van der Waals surface area contributed by atoms with Gasteiger partial charge in [0.25, 0.3) is 0 Å². The first-order chi connectivity index (χ1) is 7.15. The molecular weight excluding hydrogens is 250 g/mol. The number of alkyl halides is 1. The maximum atomic E-state index is 3.68. The summed E-state index contributed by atoms with van der Waals surface area (Å²) in [7, 11) is 0. The van der Waals surface area contributed by atoms with Gasteiger partial charge in [0.15, 0.2) is 0 Å². The molecule has 2 heteroatoms. The zero-order valence-electron chi connectivity index (χ0n) is 10.1. The molecule has 0 amide bonds. The first-order valence-electron chi connectivity index (χ1n) is 6.45. The molecule has 0 atom stereocenters. The van der Waals surface area contributed by atoms with Gasteiger partial charge in [0.05, 0.1) is 0 Å². The summed E-state index contributed by atoms with van der Waals surface area (Å²) < 4.78 is 0. The van der Waals surface area contributed by atoms with Gasteiger partial charge in [-0.15, -0.1) is 0 Å². The molecule has 0 aliphatic heterocycles. The minimum atomic E-state index is 0.666. The van der Waals surface area contributed by atoms with Gasteiger partial charge in [-0.25, -0.2) is 0 Å². The first-order valence-corrected chi connectivity index (χ1v) is 7.57. The van der Waals surface area contributed by atoms with Crippen molar-refractivity contribution < 1.29 is 0 Å². The summed E-state index contributed by atoms with van der Waals surface area (Å²) in [6.07, 6.45) is 7.17. The number of rotatable bonds is 7. The average molecular weight is 274 g/mol. The smallest absolute Gasteiger partial charge is 0.0100 e. The molecule has 0 radical (unpaired) electrons. The van der Waals surface area contributed by atoms with Crippen LogP contribution in [0.5, 0.6) is 0 Å². The van der Waals surface area contributed by atoms with E-state index in [1.54, 1.807) is 0 Å². The Morgan fingerprint density at radius 2 is 2.00 bits per heavy atom. The SMILES string of the molecule is CC(C)CCN(CC1(CBr)CC1)C1CC1. The topological polar surface area (TPSA) is 3.24 Å². The Bertz CT molecular complexity index is 207. The number of hydrogen-bond acceptors (Lipinski definition) is 1. The highest BCUT2D eigenvalue weighted by molar-refractivity contribution is 9.09. The minimum Gasteiger partial charge on any atom is -0.300 e. The average Bonchev–Trinajstić information content (AvgIpc) is 3.05. The summed E-state index contributed by atoms with van der Waals surface area (Å²) in [4.78, 5) is 2.77.